The van der Waals surface area contributed by atoms with Crippen LogP contribution >= 0.6 is 46.4 Å². The van der Waals surface area contributed by atoms with Crippen molar-refractivity contribution < 1.29 is 13.9 Å². The van der Waals surface area contributed by atoms with E-state index in [0.717, 1.165) is 10.9 Å². The third-order valence-electron chi connectivity index (χ3n) is 6.41. The number of nitrogens with zero attached hydrogens (tertiary/aromatic N) is 3. The van der Waals surface area contributed by atoms with Crippen molar-refractivity contribution in [1.82, 2.24) is 9.66 Å². The Labute approximate surface area is 259 Å². The van der Waals surface area contributed by atoms with Gasteiger partial charge in [0.15, 0.2) is 17.3 Å². The number of rotatable bonds is 7. The van der Waals surface area contributed by atoms with E-state index in [2.05, 4.69) is 5.10 Å². The Kier molecular flexibility index (Phi) is 7.84. The Balaban J connectivity index is 1.39. The van der Waals surface area contributed by atoms with Crippen LogP contribution in [0.2, 0.25) is 20.1 Å². The van der Waals surface area contributed by atoms with Crippen LogP contribution in [0, 0.1) is 0 Å². The van der Waals surface area contributed by atoms with Crippen LogP contribution in [-0.2, 0) is 6.61 Å². The van der Waals surface area contributed by atoms with Gasteiger partial charge in [-0.25, -0.2) is 4.98 Å². The van der Waals surface area contributed by atoms with E-state index in [1.807, 2.05) is 6.07 Å². The van der Waals surface area contributed by atoms with Crippen LogP contribution in [-0.4, -0.2) is 23.0 Å². The minimum Gasteiger partial charge on any atom is -0.493 e. The Morgan fingerprint density at radius 2 is 1.71 bits per heavy atom. The fraction of sp³-hybridized carbons (Fsp3) is 0.0645. The van der Waals surface area contributed by atoms with Gasteiger partial charge in [0, 0.05) is 26.0 Å². The van der Waals surface area contributed by atoms with E-state index in [4.69, 9.17) is 65.3 Å². The minimum absolute atomic E-state index is 0.143. The van der Waals surface area contributed by atoms with Gasteiger partial charge in [0.1, 0.15) is 12.2 Å². The van der Waals surface area contributed by atoms with Gasteiger partial charge in [0.25, 0.3) is 5.56 Å². The Morgan fingerprint density at radius 3 is 2.52 bits per heavy atom. The van der Waals surface area contributed by atoms with E-state index < -0.39 is 0 Å². The van der Waals surface area contributed by atoms with E-state index in [1.54, 1.807) is 72.8 Å². The molecule has 4 aromatic carbocycles. The SMILES string of the molecule is COc1cc(C=Nn2c(-c3cc4cc(Cl)ccc4o3)nc3ccccc3c2=O)cc(Cl)c1OCc1ccc(Cl)cc1Cl. The standard InChI is InChI=1S/C31H19Cl4N3O4/c1-40-27-11-17(10-24(35)29(27)41-16-18-6-7-21(33)14-23(18)34)15-36-38-30(37-25-5-3-2-4-22(25)31(38)39)28-13-19-12-20(32)8-9-26(19)42-28/h2-15H,16H2,1H3. The molecular weight excluding hydrogens is 620 g/mol. The van der Waals surface area contributed by atoms with Crippen LogP contribution in [0.3, 0.4) is 0 Å². The second-order valence-electron chi connectivity index (χ2n) is 9.17. The van der Waals surface area contributed by atoms with Gasteiger partial charge in [-0.3, -0.25) is 4.79 Å². The van der Waals surface area contributed by atoms with Crippen LogP contribution < -0.4 is 15.0 Å². The summed E-state index contributed by atoms with van der Waals surface area (Å²) in [4.78, 5) is 18.3. The smallest absolute Gasteiger partial charge is 0.282 e. The Bertz CT molecular complexity index is 2070. The lowest BCUT2D eigenvalue weighted by molar-refractivity contribution is 0.285. The third-order valence-corrected chi connectivity index (χ3v) is 7.52. The summed E-state index contributed by atoms with van der Waals surface area (Å²) in [5, 5.41) is 7.50. The number of ether oxygens (including phenoxy) is 2. The summed E-state index contributed by atoms with van der Waals surface area (Å²) in [5.41, 5.74) is 2.02. The van der Waals surface area contributed by atoms with Crippen molar-refractivity contribution in [3.63, 3.8) is 0 Å². The van der Waals surface area contributed by atoms with E-state index in [-0.39, 0.29) is 23.0 Å². The summed E-state index contributed by atoms with van der Waals surface area (Å²) in [5.74, 6) is 1.27. The zero-order valence-corrected chi connectivity index (χ0v) is 24.8. The maximum absolute atomic E-state index is 13.6. The first kappa shape index (κ1) is 28.1. The van der Waals surface area contributed by atoms with Crippen molar-refractivity contribution in [1.29, 1.82) is 0 Å². The van der Waals surface area contributed by atoms with Gasteiger partial charge in [-0.15, -0.1) is 0 Å². The van der Waals surface area contributed by atoms with E-state index >= 15 is 0 Å². The number of halogens is 4. The molecular formula is C31H19Cl4N3O4. The zero-order chi connectivity index (χ0) is 29.4. The number of hydrogen-bond donors (Lipinski definition) is 0. The number of hydrogen-bond acceptors (Lipinski definition) is 6. The maximum atomic E-state index is 13.6. The predicted molar refractivity (Wildman–Crippen MR) is 168 cm³/mol. The monoisotopic (exact) mass is 637 g/mol. The van der Waals surface area contributed by atoms with E-state index in [0.29, 0.717) is 54.4 Å². The average molecular weight is 639 g/mol. The van der Waals surface area contributed by atoms with E-state index in [1.165, 1.54) is 18.0 Å². The molecule has 6 rings (SSSR count). The normalized spacial score (nSPS) is 11.5. The molecule has 0 bridgehead atoms. The van der Waals surface area contributed by atoms with Crippen LogP contribution in [0.1, 0.15) is 11.1 Å². The highest BCUT2D eigenvalue weighted by Gasteiger charge is 2.17. The predicted octanol–water partition coefficient (Wildman–Crippen LogP) is 8.89. The van der Waals surface area contributed by atoms with Crippen molar-refractivity contribution >= 4 is 74.5 Å². The van der Waals surface area contributed by atoms with Crippen LogP contribution in [0.15, 0.2) is 93.2 Å². The van der Waals surface area contributed by atoms with Crippen molar-refractivity contribution in [2.75, 3.05) is 7.11 Å². The number of furan rings is 1. The summed E-state index contributed by atoms with van der Waals surface area (Å²) in [6, 6.07) is 22.5. The first-order chi connectivity index (χ1) is 20.3. The molecule has 2 aromatic heterocycles. The topological polar surface area (TPSA) is 78.9 Å². The molecule has 0 amide bonds. The second kappa shape index (κ2) is 11.7. The van der Waals surface area contributed by atoms with Gasteiger partial charge in [0.2, 0.25) is 5.82 Å². The molecule has 42 heavy (non-hydrogen) atoms. The fourth-order valence-corrected chi connectivity index (χ4v) is 5.30. The van der Waals surface area contributed by atoms with Crippen molar-refractivity contribution in [2.24, 2.45) is 5.10 Å². The average Bonchev–Trinajstić information content (AvgIpc) is 3.39. The molecule has 0 aliphatic carbocycles. The molecule has 0 saturated carbocycles. The second-order valence-corrected chi connectivity index (χ2v) is 10.9. The van der Waals surface area contributed by atoms with Crippen molar-refractivity contribution in [2.45, 2.75) is 6.61 Å². The van der Waals surface area contributed by atoms with Crippen molar-refractivity contribution in [3.8, 4) is 23.1 Å². The summed E-state index contributed by atoms with van der Waals surface area (Å²) in [7, 11) is 1.50. The molecule has 0 spiro atoms. The highest BCUT2D eigenvalue weighted by atomic mass is 35.5. The molecule has 0 unspecified atom stereocenters. The fourth-order valence-electron chi connectivity index (χ4n) is 4.38. The summed E-state index contributed by atoms with van der Waals surface area (Å²) < 4.78 is 18.7. The van der Waals surface area contributed by atoms with Crippen LogP contribution in [0.25, 0.3) is 33.5 Å². The first-order valence-corrected chi connectivity index (χ1v) is 14.0. The van der Waals surface area contributed by atoms with Gasteiger partial charge in [-0.05, 0) is 66.2 Å². The number of para-hydroxylation sites is 1. The summed E-state index contributed by atoms with van der Waals surface area (Å²) in [6.45, 7) is 0.143. The lowest BCUT2D eigenvalue weighted by Gasteiger charge is -2.14. The number of fused-ring (bicyclic) bond motifs is 2. The molecule has 0 saturated heterocycles. The number of benzene rings is 4. The maximum Gasteiger partial charge on any atom is 0.282 e. The highest BCUT2D eigenvalue weighted by Crippen LogP contribution is 2.37. The lowest BCUT2D eigenvalue weighted by atomic mass is 10.2. The lowest BCUT2D eigenvalue weighted by Crippen LogP contribution is -2.20. The molecule has 0 aliphatic heterocycles. The first-order valence-electron chi connectivity index (χ1n) is 12.5. The zero-order valence-electron chi connectivity index (χ0n) is 21.8. The Hall–Kier alpha value is -4.01. The molecule has 6 aromatic rings. The largest absolute Gasteiger partial charge is 0.493 e. The van der Waals surface area contributed by atoms with Crippen molar-refractivity contribution in [3.05, 3.63) is 120 Å². The summed E-state index contributed by atoms with van der Waals surface area (Å²) >= 11 is 25.0. The molecule has 0 N–H and O–H groups in total. The van der Waals surface area contributed by atoms with Gasteiger partial charge in [-0.2, -0.15) is 9.78 Å². The van der Waals surface area contributed by atoms with Gasteiger partial charge < -0.3 is 13.9 Å². The molecule has 0 aliphatic rings. The molecule has 210 valence electrons. The van der Waals surface area contributed by atoms with Gasteiger partial charge in [0.05, 0.1) is 29.2 Å². The van der Waals surface area contributed by atoms with Gasteiger partial charge in [-0.1, -0.05) is 64.6 Å². The van der Waals surface area contributed by atoms with Crippen LogP contribution in [0.4, 0.5) is 0 Å². The number of methoxy groups -OCH3 is 1. The van der Waals surface area contributed by atoms with Gasteiger partial charge >= 0.3 is 0 Å². The van der Waals surface area contributed by atoms with E-state index in [9.17, 15) is 4.79 Å². The Morgan fingerprint density at radius 1 is 0.929 bits per heavy atom. The molecule has 0 atom stereocenters. The number of aromatic nitrogens is 2. The highest BCUT2D eigenvalue weighted by molar-refractivity contribution is 6.35. The summed E-state index contributed by atoms with van der Waals surface area (Å²) in [6.07, 6.45) is 1.48. The molecule has 7 nitrogen and oxygen atoms in total. The molecule has 0 fully saturated rings. The molecule has 2 heterocycles. The quantitative estimate of drug-likeness (QED) is 0.163. The third kappa shape index (κ3) is 5.56. The van der Waals surface area contributed by atoms with Crippen LogP contribution in [0.5, 0.6) is 11.5 Å². The minimum atomic E-state index is -0.372. The molecule has 0 radical (unpaired) electrons. The molecule has 11 heteroatoms.